The van der Waals surface area contributed by atoms with Gasteiger partial charge in [0, 0.05) is 18.3 Å². The number of anilines is 2. The number of benzene rings is 1. The summed E-state index contributed by atoms with van der Waals surface area (Å²) < 4.78 is 1.68. The summed E-state index contributed by atoms with van der Waals surface area (Å²) in [5.41, 5.74) is 1.07. The van der Waals surface area contributed by atoms with Crippen LogP contribution >= 0.6 is 11.6 Å². The first-order valence-corrected chi connectivity index (χ1v) is 6.36. The highest BCUT2D eigenvalue weighted by Crippen LogP contribution is 2.26. The van der Waals surface area contributed by atoms with Gasteiger partial charge in [-0.25, -0.2) is 0 Å². The normalized spacial score (nSPS) is 10.8. The summed E-state index contributed by atoms with van der Waals surface area (Å²) in [5, 5.41) is 4.60. The molecule has 0 saturated heterocycles. The van der Waals surface area contributed by atoms with E-state index >= 15 is 0 Å². The Hall–Kier alpha value is -2.14. The Morgan fingerprint density at radius 2 is 2.05 bits per heavy atom. The van der Waals surface area contributed by atoms with Crippen LogP contribution in [0.2, 0.25) is 5.15 Å². The van der Waals surface area contributed by atoms with E-state index in [1.165, 1.54) is 6.33 Å². The highest BCUT2D eigenvalue weighted by Gasteiger charge is 2.13. The fourth-order valence-electron chi connectivity index (χ4n) is 2.05. The van der Waals surface area contributed by atoms with Crippen LogP contribution in [0, 0.1) is 0 Å². The van der Waals surface area contributed by atoms with Crippen molar-refractivity contribution in [3.8, 4) is 0 Å². The third kappa shape index (κ3) is 2.13. The van der Waals surface area contributed by atoms with Gasteiger partial charge in [-0.1, -0.05) is 29.8 Å². The minimum Gasteiger partial charge on any atom is -0.326 e. The van der Waals surface area contributed by atoms with Crippen molar-refractivity contribution >= 4 is 28.9 Å². The summed E-state index contributed by atoms with van der Waals surface area (Å²) in [5.74, 6) is 1.35. The Morgan fingerprint density at radius 3 is 2.79 bits per heavy atom. The second-order valence-electron chi connectivity index (χ2n) is 3.99. The number of nitrogens with zero attached hydrogens (tertiary/aromatic N) is 5. The van der Waals surface area contributed by atoms with Gasteiger partial charge in [-0.05, 0) is 19.1 Å². The molecule has 0 bridgehead atoms. The molecule has 0 unspecified atom stereocenters. The predicted octanol–water partition coefficient (Wildman–Crippen LogP) is 2.94. The fourth-order valence-corrected chi connectivity index (χ4v) is 2.22. The number of aromatic nitrogens is 4. The van der Waals surface area contributed by atoms with E-state index in [9.17, 15) is 0 Å². The van der Waals surface area contributed by atoms with E-state index in [-0.39, 0.29) is 0 Å². The molecule has 0 aliphatic heterocycles. The molecule has 0 atom stereocenters. The molecule has 2 aromatic heterocycles. The summed E-state index contributed by atoms with van der Waals surface area (Å²) in [6.07, 6.45) is 1.47. The van der Waals surface area contributed by atoms with Crippen LogP contribution in [0.25, 0.3) is 5.78 Å². The Balaban J connectivity index is 2.19. The molecular weight excluding hydrogens is 262 g/mol. The second-order valence-corrected chi connectivity index (χ2v) is 4.38. The Labute approximate surface area is 115 Å². The molecule has 0 aliphatic rings. The Bertz CT molecular complexity index is 695. The minimum atomic E-state index is 0.407. The number of halogens is 1. The van der Waals surface area contributed by atoms with E-state index in [0.29, 0.717) is 10.9 Å². The van der Waals surface area contributed by atoms with Crippen LogP contribution in [0.4, 0.5) is 11.5 Å². The summed E-state index contributed by atoms with van der Waals surface area (Å²) >= 11 is 6.05. The van der Waals surface area contributed by atoms with Gasteiger partial charge in [0.05, 0.1) is 0 Å². The Kier molecular flexibility index (Phi) is 3.05. The van der Waals surface area contributed by atoms with Gasteiger partial charge < -0.3 is 4.90 Å². The van der Waals surface area contributed by atoms with E-state index in [2.05, 4.69) is 26.9 Å². The van der Waals surface area contributed by atoms with Crippen LogP contribution in [0.15, 0.2) is 42.7 Å². The van der Waals surface area contributed by atoms with Crippen LogP contribution < -0.4 is 4.90 Å². The molecule has 19 heavy (non-hydrogen) atoms. The van der Waals surface area contributed by atoms with Crippen molar-refractivity contribution in [1.29, 1.82) is 0 Å². The van der Waals surface area contributed by atoms with E-state index in [0.717, 1.165) is 18.1 Å². The molecule has 0 N–H and O–H groups in total. The third-order valence-corrected chi connectivity index (χ3v) is 3.06. The van der Waals surface area contributed by atoms with E-state index in [4.69, 9.17) is 11.6 Å². The van der Waals surface area contributed by atoms with Gasteiger partial charge in [0.25, 0.3) is 5.78 Å². The molecule has 5 nitrogen and oxygen atoms in total. The van der Waals surface area contributed by atoms with Crippen molar-refractivity contribution in [2.24, 2.45) is 0 Å². The molecule has 0 amide bonds. The van der Waals surface area contributed by atoms with Crippen molar-refractivity contribution in [2.45, 2.75) is 6.92 Å². The number of para-hydroxylation sites is 1. The van der Waals surface area contributed by atoms with Crippen LogP contribution in [0.3, 0.4) is 0 Å². The molecule has 1 aromatic carbocycles. The topological polar surface area (TPSA) is 46.3 Å². The first kappa shape index (κ1) is 11.9. The first-order valence-electron chi connectivity index (χ1n) is 5.98. The van der Waals surface area contributed by atoms with Gasteiger partial charge in [0.1, 0.15) is 17.3 Å². The molecule has 0 spiro atoms. The van der Waals surface area contributed by atoms with Crippen LogP contribution in [-0.4, -0.2) is 26.1 Å². The lowest BCUT2D eigenvalue weighted by Crippen LogP contribution is -2.19. The summed E-state index contributed by atoms with van der Waals surface area (Å²) in [7, 11) is 0. The fraction of sp³-hybridized carbons (Fsp3) is 0.154. The minimum absolute atomic E-state index is 0.407. The molecular formula is C13H12ClN5. The van der Waals surface area contributed by atoms with Crippen LogP contribution in [0.5, 0.6) is 0 Å². The monoisotopic (exact) mass is 273 g/mol. The molecule has 3 rings (SSSR count). The van der Waals surface area contributed by atoms with Gasteiger partial charge in [-0.15, -0.1) is 0 Å². The van der Waals surface area contributed by atoms with Crippen molar-refractivity contribution in [3.63, 3.8) is 0 Å². The highest BCUT2D eigenvalue weighted by atomic mass is 35.5. The molecule has 0 aliphatic carbocycles. The van der Waals surface area contributed by atoms with Gasteiger partial charge >= 0.3 is 0 Å². The molecule has 6 heteroatoms. The summed E-state index contributed by atoms with van der Waals surface area (Å²) in [6, 6.07) is 11.9. The maximum Gasteiger partial charge on any atom is 0.255 e. The molecule has 0 fully saturated rings. The van der Waals surface area contributed by atoms with Crippen molar-refractivity contribution < 1.29 is 0 Å². The van der Waals surface area contributed by atoms with Crippen molar-refractivity contribution in [1.82, 2.24) is 19.6 Å². The third-order valence-electron chi connectivity index (χ3n) is 2.86. The SMILES string of the molecule is CCN(c1ccccc1)c1cc(Cl)nc2ncnn12. The molecule has 2 heterocycles. The number of fused-ring (bicyclic) bond motifs is 1. The average molecular weight is 274 g/mol. The van der Waals surface area contributed by atoms with Crippen molar-refractivity contribution in [3.05, 3.63) is 47.9 Å². The van der Waals surface area contributed by atoms with Gasteiger partial charge in [0.2, 0.25) is 0 Å². The van der Waals surface area contributed by atoms with E-state index < -0.39 is 0 Å². The standard InChI is InChI=1S/C13H12ClN5/c1-2-18(10-6-4-3-5-7-10)12-8-11(14)17-13-15-9-16-19(12)13/h3-9H,2H2,1H3. The van der Waals surface area contributed by atoms with Gasteiger partial charge in [0.15, 0.2) is 0 Å². The Morgan fingerprint density at radius 1 is 1.26 bits per heavy atom. The second kappa shape index (κ2) is 4.85. The number of hydrogen-bond donors (Lipinski definition) is 0. The van der Waals surface area contributed by atoms with Crippen molar-refractivity contribution in [2.75, 3.05) is 11.4 Å². The summed E-state index contributed by atoms with van der Waals surface area (Å²) in [6.45, 7) is 2.86. The molecule has 0 saturated carbocycles. The van der Waals surface area contributed by atoms with Crippen LogP contribution in [0.1, 0.15) is 6.92 Å². The average Bonchev–Trinajstić information content (AvgIpc) is 2.89. The lowest BCUT2D eigenvalue weighted by atomic mass is 10.3. The van der Waals surface area contributed by atoms with E-state index in [1.807, 2.05) is 30.3 Å². The lowest BCUT2D eigenvalue weighted by molar-refractivity contribution is 0.879. The molecule has 3 aromatic rings. The van der Waals surface area contributed by atoms with Crippen LogP contribution in [-0.2, 0) is 0 Å². The zero-order valence-electron chi connectivity index (χ0n) is 10.4. The van der Waals surface area contributed by atoms with Gasteiger partial charge in [-0.2, -0.15) is 19.6 Å². The van der Waals surface area contributed by atoms with Gasteiger partial charge in [-0.3, -0.25) is 0 Å². The lowest BCUT2D eigenvalue weighted by Gasteiger charge is -2.23. The zero-order valence-corrected chi connectivity index (χ0v) is 11.1. The molecule has 0 radical (unpaired) electrons. The number of hydrogen-bond acceptors (Lipinski definition) is 4. The zero-order chi connectivity index (χ0) is 13.2. The maximum absolute atomic E-state index is 6.05. The maximum atomic E-state index is 6.05. The predicted molar refractivity (Wildman–Crippen MR) is 74.9 cm³/mol. The van der Waals surface area contributed by atoms with E-state index in [1.54, 1.807) is 10.6 Å². The highest BCUT2D eigenvalue weighted by molar-refractivity contribution is 6.29. The smallest absolute Gasteiger partial charge is 0.255 e. The molecule has 96 valence electrons. The summed E-state index contributed by atoms with van der Waals surface area (Å²) in [4.78, 5) is 10.3. The number of rotatable bonds is 3. The largest absolute Gasteiger partial charge is 0.326 e. The quantitative estimate of drug-likeness (QED) is 0.689. The first-order chi connectivity index (χ1) is 9.29.